The van der Waals surface area contributed by atoms with Crippen molar-refractivity contribution in [1.29, 1.82) is 0 Å². The minimum absolute atomic E-state index is 0.0332. The van der Waals surface area contributed by atoms with Crippen LogP contribution in [0.3, 0.4) is 0 Å². The van der Waals surface area contributed by atoms with Crippen LogP contribution in [-0.2, 0) is 38.5 Å². The maximum atomic E-state index is 14.1. The average molecular weight is 1010 g/mol. The number of methoxy groups -OCH3 is 1. The summed E-state index contributed by atoms with van der Waals surface area (Å²) in [6.07, 6.45) is 0.140. The highest BCUT2D eigenvalue weighted by Crippen LogP contribution is 2.49. The number of aromatic hydroxyl groups is 1. The number of aliphatic hydroxyl groups excluding tert-OH is 1. The second-order valence-electron chi connectivity index (χ2n) is 15.7. The van der Waals surface area contributed by atoms with Gasteiger partial charge in [-0.2, -0.15) is 8.42 Å². The van der Waals surface area contributed by atoms with Crippen molar-refractivity contribution in [3.63, 3.8) is 0 Å². The van der Waals surface area contributed by atoms with Crippen molar-refractivity contribution in [3.8, 4) is 56.1 Å². The lowest BCUT2D eigenvalue weighted by molar-refractivity contribution is -0.145. The largest absolute Gasteiger partial charge is 0.505 e. The first-order valence-electron chi connectivity index (χ1n) is 21.1. The van der Waals surface area contributed by atoms with Gasteiger partial charge in [-0.15, -0.1) is 11.3 Å². The van der Waals surface area contributed by atoms with Crippen LogP contribution in [0.5, 0.6) is 23.1 Å². The Hall–Kier alpha value is -6.73. The molecule has 0 saturated heterocycles. The lowest BCUT2D eigenvalue weighted by atomic mass is 9.99. The molecule has 0 aliphatic carbocycles. The van der Waals surface area contributed by atoms with Crippen LogP contribution in [0.15, 0.2) is 127 Å². The van der Waals surface area contributed by atoms with Gasteiger partial charge in [0.1, 0.15) is 35.1 Å². The van der Waals surface area contributed by atoms with Crippen molar-refractivity contribution in [1.82, 2.24) is 19.9 Å². The van der Waals surface area contributed by atoms with E-state index in [4.69, 9.17) is 46.6 Å². The van der Waals surface area contributed by atoms with Crippen LogP contribution >= 0.6 is 34.5 Å². The quantitative estimate of drug-likeness (QED) is 0.0646. The number of ether oxygens (including phenoxy) is 3. The molecule has 0 aliphatic heterocycles. The van der Waals surface area contributed by atoms with Crippen molar-refractivity contribution in [2.24, 2.45) is 0 Å². The number of carboxylic acids is 1. The number of aromatic nitrogens is 4. The minimum Gasteiger partial charge on any atom is -0.505 e. The molecule has 0 radical (unpaired) electrons. The van der Waals surface area contributed by atoms with Crippen molar-refractivity contribution in [2.75, 3.05) is 13.7 Å². The van der Waals surface area contributed by atoms with Gasteiger partial charge in [-0.05, 0) is 103 Å². The maximum Gasteiger partial charge on any atom is 0.345 e. The van der Waals surface area contributed by atoms with Gasteiger partial charge in [-0.3, -0.25) is 4.18 Å². The summed E-state index contributed by atoms with van der Waals surface area (Å²) < 4.78 is 63.1. The summed E-state index contributed by atoms with van der Waals surface area (Å²) >= 11 is 14.0. The number of benzene rings is 5. The van der Waals surface area contributed by atoms with Crippen molar-refractivity contribution in [3.05, 3.63) is 160 Å². The number of hydrogen-bond acceptors (Lipinski definition) is 14. The molecule has 3 aromatic heterocycles. The number of hydrogen-bond donors (Lipinski definition) is 3. The number of aliphatic hydroxyl groups is 1. The van der Waals surface area contributed by atoms with E-state index in [0.717, 1.165) is 5.56 Å². The first-order valence-corrected chi connectivity index (χ1v) is 24.1. The summed E-state index contributed by atoms with van der Waals surface area (Å²) in [4.78, 5) is 32.2. The van der Waals surface area contributed by atoms with Crippen LogP contribution in [0.2, 0.25) is 10.0 Å². The molecule has 5 aromatic carbocycles. The fraction of sp³-hybridized carbons (Fsp3) is 0.180. The zero-order chi connectivity index (χ0) is 48.8. The number of carbonyl (C=O) groups is 1. The first-order chi connectivity index (χ1) is 33.2. The third kappa shape index (κ3) is 11.4. The highest BCUT2D eigenvalue weighted by Gasteiger charge is 2.28. The predicted molar refractivity (Wildman–Crippen MR) is 259 cm³/mol. The van der Waals surface area contributed by atoms with Gasteiger partial charge in [0, 0.05) is 23.1 Å². The normalized spacial score (nSPS) is 12.4. The monoisotopic (exact) mass is 1010 g/mol. The molecule has 3 N–H and O–H groups in total. The molecule has 2 atom stereocenters. The third-order valence-corrected chi connectivity index (χ3v) is 13.9. The van der Waals surface area contributed by atoms with E-state index in [9.17, 15) is 32.9 Å². The summed E-state index contributed by atoms with van der Waals surface area (Å²) in [7, 11) is -2.57. The Morgan fingerprint density at radius 3 is 2.35 bits per heavy atom. The molecule has 69 heavy (non-hydrogen) atoms. The number of phenolic OH excluding ortho intramolecular Hbond substituents is 1. The zero-order valence-electron chi connectivity index (χ0n) is 36.7. The van der Waals surface area contributed by atoms with Gasteiger partial charge in [0.15, 0.2) is 11.6 Å². The molecule has 14 nitrogen and oxygen atoms in total. The number of thiophene rings is 1. The molecule has 0 bridgehead atoms. The Bertz CT molecular complexity index is 3250. The number of carboxylic acid groups (broad SMARTS) is 1. The molecular weight excluding hydrogens is 971 g/mol. The van der Waals surface area contributed by atoms with Gasteiger partial charge in [0.2, 0.25) is 12.0 Å². The Balaban J connectivity index is 1.11. The Morgan fingerprint density at radius 1 is 0.884 bits per heavy atom. The number of fused-ring (bicyclic) bond motifs is 1. The highest BCUT2D eigenvalue weighted by molar-refractivity contribution is 7.86. The summed E-state index contributed by atoms with van der Waals surface area (Å²) in [6.45, 7) is 1.29. The fourth-order valence-electron chi connectivity index (χ4n) is 7.33. The van der Waals surface area contributed by atoms with Gasteiger partial charge in [0.25, 0.3) is 10.1 Å². The smallest absolute Gasteiger partial charge is 0.345 e. The molecule has 3 heterocycles. The summed E-state index contributed by atoms with van der Waals surface area (Å²) in [5, 5.41) is 32.3. The number of rotatable bonds is 19. The summed E-state index contributed by atoms with van der Waals surface area (Å²) in [5.74, 6) is -0.952. The zero-order valence-corrected chi connectivity index (χ0v) is 39.8. The van der Waals surface area contributed by atoms with E-state index in [1.165, 1.54) is 54.1 Å². The molecule has 8 aromatic rings. The van der Waals surface area contributed by atoms with Gasteiger partial charge < -0.3 is 29.5 Å². The van der Waals surface area contributed by atoms with E-state index >= 15 is 0 Å². The van der Waals surface area contributed by atoms with Crippen LogP contribution in [-0.4, -0.2) is 75.6 Å². The first kappa shape index (κ1) is 48.7. The van der Waals surface area contributed by atoms with Gasteiger partial charge in [-0.25, -0.2) is 29.1 Å². The number of nitrogens with zero attached hydrogens (tertiary/aromatic N) is 4. The molecule has 354 valence electrons. The van der Waals surface area contributed by atoms with Gasteiger partial charge in [-0.1, -0.05) is 77.3 Å². The minimum atomic E-state index is -4.12. The average Bonchev–Trinajstić information content (AvgIpc) is 3.74. The number of halogens is 3. The number of phenols is 1. The lowest BCUT2D eigenvalue weighted by Crippen LogP contribution is -2.30. The second kappa shape index (κ2) is 21.3. The van der Waals surface area contributed by atoms with E-state index in [-0.39, 0.29) is 52.4 Å². The standard InChI is InChI=1S/C50H41Cl2FN4O10S2/c1-28-7-16-36(17-8-28)69(62,63)66-26-35(58)15-9-29-10-18-40(65-25-34-19-20-54-47(57-34)37-5-3-4-6-41(37)64-2)31(21-29)24-42(50(60)61)67-48-44-43(32-22-38(51)45(59)39(52)23-32)46(68-49(44)56-27-55-48)30-11-13-33(53)14-12-30/h3-8,10-14,16-23,27,35,42,58-59H,9,15,24-26H2,1-2H3,(H,60,61)/t35-,42+/m0/s1. The highest BCUT2D eigenvalue weighted by atomic mass is 35.5. The predicted octanol–water partition coefficient (Wildman–Crippen LogP) is 10.3. The van der Waals surface area contributed by atoms with Crippen molar-refractivity contribution >= 4 is 60.8 Å². The Morgan fingerprint density at radius 2 is 1.62 bits per heavy atom. The lowest BCUT2D eigenvalue weighted by Gasteiger charge is -2.19. The van der Waals surface area contributed by atoms with E-state index < -0.39 is 40.7 Å². The molecule has 19 heteroatoms. The van der Waals surface area contributed by atoms with Crippen LogP contribution in [0.25, 0.3) is 43.2 Å². The number of aryl methyl sites for hydroxylation is 2. The van der Waals surface area contributed by atoms with Crippen LogP contribution < -0.4 is 14.2 Å². The molecule has 0 fully saturated rings. The molecule has 0 aliphatic rings. The number of aliphatic carboxylic acids is 1. The van der Waals surface area contributed by atoms with Gasteiger partial charge in [0.05, 0.1) is 51.4 Å². The molecular formula is C50H41Cl2FN4O10S2. The van der Waals surface area contributed by atoms with E-state index in [2.05, 4.69) is 15.0 Å². The molecule has 8 rings (SSSR count). The summed E-state index contributed by atoms with van der Waals surface area (Å²) in [5.41, 5.74) is 4.59. The van der Waals surface area contributed by atoms with Crippen molar-refractivity contribution in [2.45, 2.75) is 49.9 Å². The van der Waals surface area contributed by atoms with E-state index in [1.807, 2.05) is 25.1 Å². The molecule has 0 saturated carbocycles. The Kier molecular flexibility index (Phi) is 15.0. The SMILES string of the molecule is COc1ccccc1-c1nccc(COc2ccc(CC[C@H](O)COS(=O)(=O)c3ccc(C)cc3)cc2C[C@@H](Oc2ncnc3sc(-c4ccc(F)cc4)c(-c4cc(Cl)c(O)c(Cl)c4)c23)C(=O)O)n1. The van der Waals surface area contributed by atoms with Crippen LogP contribution in [0, 0.1) is 12.7 Å². The van der Waals surface area contributed by atoms with Crippen LogP contribution in [0.4, 0.5) is 4.39 Å². The Labute approximate surface area is 409 Å². The van der Waals surface area contributed by atoms with E-state index in [0.29, 0.717) is 71.5 Å². The fourth-order valence-corrected chi connectivity index (χ4v) is 9.92. The summed E-state index contributed by atoms with van der Waals surface area (Å²) in [6, 6.07) is 29.0. The maximum absolute atomic E-state index is 14.1. The molecule has 0 unspecified atom stereocenters. The van der Waals surface area contributed by atoms with Gasteiger partial charge >= 0.3 is 5.97 Å². The van der Waals surface area contributed by atoms with Crippen LogP contribution in [0.1, 0.15) is 28.8 Å². The van der Waals surface area contributed by atoms with E-state index in [1.54, 1.807) is 67.9 Å². The molecule has 0 spiro atoms. The second-order valence-corrected chi connectivity index (χ2v) is 19.1. The van der Waals surface area contributed by atoms with Crippen molar-refractivity contribution < 1.29 is 51.3 Å². The molecule has 0 amide bonds. The third-order valence-electron chi connectivity index (χ3n) is 10.9. The number of para-hydroxylation sites is 1. The topological polar surface area (TPSA) is 200 Å².